The minimum Gasteiger partial charge on any atom is -0.395 e. The summed E-state index contributed by atoms with van der Waals surface area (Å²) in [4.78, 5) is 17.1. The van der Waals surface area contributed by atoms with Crippen LogP contribution in [-0.4, -0.2) is 59.3 Å². The summed E-state index contributed by atoms with van der Waals surface area (Å²) in [6.07, 6.45) is 1.79. The highest BCUT2D eigenvalue weighted by Crippen LogP contribution is 2.42. The van der Waals surface area contributed by atoms with Gasteiger partial charge in [-0.3, -0.25) is 4.90 Å². The number of halogens is 2. The number of rotatable bonds is 4. The standard InChI is InChI=1S/C28H29F2N3O2/c29-21-6-5-7-22(16-21)31-28(35)32-14-3-4-15-33-25(17-32)27(26(33)18-34)20-12-10-19(11-13-20)23-8-1-2-9-24(23)30/h1-2,5-13,16,25-27,34H,3-4,14-15,17-18H2,(H,31,35)/t25-,26-,27-/m1/s1. The zero-order valence-electron chi connectivity index (χ0n) is 19.4. The minimum atomic E-state index is -0.398. The molecule has 2 heterocycles. The molecule has 0 aliphatic carbocycles. The van der Waals surface area contributed by atoms with Crippen LogP contribution in [0.4, 0.5) is 19.3 Å². The van der Waals surface area contributed by atoms with E-state index in [4.69, 9.17) is 0 Å². The third-order valence-electron chi connectivity index (χ3n) is 7.21. The summed E-state index contributed by atoms with van der Waals surface area (Å²) in [6, 6.07) is 20.2. The Morgan fingerprint density at radius 1 is 0.971 bits per heavy atom. The molecule has 0 bridgehead atoms. The molecular formula is C28H29F2N3O2. The maximum Gasteiger partial charge on any atom is 0.321 e. The van der Waals surface area contributed by atoms with Crippen LogP contribution in [0.2, 0.25) is 0 Å². The molecule has 2 aliphatic heterocycles. The van der Waals surface area contributed by atoms with Gasteiger partial charge in [-0.25, -0.2) is 13.6 Å². The number of nitrogens with one attached hydrogen (secondary N) is 1. The fourth-order valence-electron chi connectivity index (χ4n) is 5.47. The third-order valence-corrected chi connectivity index (χ3v) is 7.21. The molecular weight excluding hydrogens is 448 g/mol. The van der Waals surface area contributed by atoms with Gasteiger partial charge < -0.3 is 15.3 Å². The van der Waals surface area contributed by atoms with Crippen LogP contribution in [0.15, 0.2) is 72.8 Å². The van der Waals surface area contributed by atoms with Crippen LogP contribution in [-0.2, 0) is 0 Å². The van der Waals surface area contributed by atoms with Crippen LogP contribution < -0.4 is 5.32 Å². The van der Waals surface area contributed by atoms with Crippen LogP contribution in [0.1, 0.15) is 24.3 Å². The number of nitrogens with zero attached hydrogens (tertiary/aromatic N) is 2. The van der Waals surface area contributed by atoms with Crippen LogP contribution in [0, 0.1) is 11.6 Å². The van der Waals surface area contributed by atoms with E-state index in [2.05, 4.69) is 10.2 Å². The van der Waals surface area contributed by atoms with Gasteiger partial charge >= 0.3 is 6.03 Å². The van der Waals surface area contributed by atoms with Crippen LogP contribution in [0.3, 0.4) is 0 Å². The Kier molecular flexibility index (Phi) is 6.79. The molecule has 0 saturated carbocycles. The molecule has 182 valence electrons. The van der Waals surface area contributed by atoms with Crippen molar-refractivity contribution in [2.45, 2.75) is 30.8 Å². The van der Waals surface area contributed by atoms with E-state index in [9.17, 15) is 18.7 Å². The number of hydrogen-bond donors (Lipinski definition) is 2. The molecule has 2 N–H and O–H groups in total. The second-order valence-electron chi connectivity index (χ2n) is 9.28. The van der Waals surface area contributed by atoms with E-state index in [0.717, 1.165) is 30.5 Å². The first-order valence-corrected chi connectivity index (χ1v) is 12.1. The summed E-state index contributed by atoms with van der Waals surface area (Å²) in [5, 5.41) is 13.0. The third kappa shape index (κ3) is 4.79. The van der Waals surface area contributed by atoms with Crippen LogP contribution in [0.25, 0.3) is 11.1 Å². The van der Waals surface area contributed by atoms with Gasteiger partial charge in [-0.15, -0.1) is 0 Å². The molecule has 3 atom stereocenters. The molecule has 2 fully saturated rings. The lowest BCUT2D eigenvalue weighted by atomic mass is 9.74. The summed E-state index contributed by atoms with van der Waals surface area (Å²) in [5.41, 5.74) is 2.85. The number of hydrogen-bond acceptors (Lipinski definition) is 3. The Morgan fingerprint density at radius 3 is 2.49 bits per heavy atom. The molecule has 0 aromatic heterocycles. The van der Waals surface area contributed by atoms with Crippen molar-refractivity contribution < 1.29 is 18.7 Å². The molecule has 0 radical (unpaired) electrons. The maximum absolute atomic E-state index is 14.2. The van der Waals surface area contributed by atoms with E-state index in [1.165, 1.54) is 18.2 Å². The summed E-state index contributed by atoms with van der Waals surface area (Å²) >= 11 is 0. The van der Waals surface area contributed by atoms with Crippen molar-refractivity contribution in [3.05, 3.63) is 90.0 Å². The number of carbonyl (C=O) groups is 1. The maximum atomic E-state index is 14.2. The first kappa shape index (κ1) is 23.5. The molecule has 3 aromatic carbocycles. The highest BCUT2D eigenvalue weighted by atomic mass is 19.1. The van der Waals surface area contributed by atoms with Crippen molar-refractivity contribution in [1.29, 1.82) is 0 Å². The number of amides is 2. The minimum absolute atomic E-state index is 0.0226. The van der Waals surface area contributed by atoms with Crippen LogP contribution >= 0.6 is 0 Å². The average molecular weight is 478 g/mol. The highest BCUT2D eigenvalue weighted by Gasteiger charge is 2.49. The van der Waals surface area contributed by atoms with Gasteiger partial charge in [-0.2, -0.15) is 0 Å². The topological polar surface area (TPSA) is 55.8 Å². The first-order chi connectivity index (χ1) is 17.0. The summed E-state index contributed by atoms with van der Waals surface area (Å²) in [6.45, 7) is 2.04. The lowest BCUT2D eigenvalue weighted by Gasteiger charge is -2.57. The number of fused-ring (bicyclic) bond motifs is 1. The second kappa shape index (κ2) is 10.1. The Morgan fingerprint density at radius 2 is 1.74 bits per heavy atom. The van der Waals surface area contributed by atoms with Crippen molar-refractivity contribution in [3.63, 3.8) is 0 Å². The number of carbonyl (C=O) groups excluding carboxylic acids is 1. The molecule has 0 spiro atoms. The number of urea groups is 1. The smallest absolute Gasteiger partial charge is 0.321 e. The predicted molar refractivity (Wildman–Crippen MR) is 132 cm³/mol. The van der Waals surface area contributed by atoms with E-state index in [1.54, 1.807) is 29.2 Å². The quantitative estimate of drug-likeness (QED) is 0.551. The van der Waals surface area contributed by atoms with Crippen LogP contribution in [0.5, 0.6) is 0 Å². The van der Waals surface area contributed by atoms with E-state index in [0.29, 0.717) is 24.3 Å². The lowest BCUT2D eigenvalue weighted by Crippen LogP contribution is -2.68. The lowest BCUT2D eigenvalue weighted by molar-refractivity contribution is -0.0585. The van der Waals surface area contributed by atoms with Gasteiger partial charge in [-0.1, -0.05) is 48.5 Å². The van der Waals surface area contributed by atoms with Gasteiger partial charge in [0.2, 0.25) is 0 Å². The number of aliphatic hydroxyl groups excluding tert-OH is 1. The fourth-order valence-corrected chi connectivity index (χ4v) is 5.47. The molecule has 5 nitrogen and oxygen atoms in total. The van der Waals surface area contributed by atoms with Gasteiger partial charge in [0.05, 0.1) is 6.61 Å². The van der Waals surface area contributed by atoms with E-state index in [-0.39, 0.29) is 36.5 Å². The van der Waals surface area contributed by atoms with Gasteiger partial charge in [0.1, 0.15) is 11.6 Å². The van der Waals surface area contributed by atoms with E-state index >= 15 is 0 Å². The molecule has 5 rings (SSSR count). The number of benzene rings is 3. The summed E-state index contributed by atoms with van der Waals surface area (Å²) in [7, 11) is 0. The molecule has 2 aliphatic rings. The largest absolute Gasteiger partial charge is 0.395 e. The SMILES string of the molecule is O=C(Nc1cccc(F)c1)N1CCCCN2[C@H](CO)[C@H](c3ccc(-c4ccccc4F)cc3)[C@H]2C1. The monoisotopic (exact) mass is 477 g/mol. The number of anilines is 1. The second-order valence-corrected chi connectivity index (χ2v) is 9.28. The Labute approximate surface area is 204 Å². The average Bonchev–Trinajstić information content (AvgIpc) is 2.84. The number of aliphatic hydroxyl groups is 1. The first-order valence-electron chi connectivity index (χ1n) is 12.1. The highest BCUT2D eigenvalue weighted by molar-refractivity contribution is 5.89. The predicted octanol–water partition coefficient (Wildman–Crippen LogP) is 5.09. The Hall–Kier alpha value is -3.29. The molecule has 2 amide bonds. The van der Waals surface area contributed by atoms with Gasteiger partial charge in [0.25, 0.3) is 0 Å². The Bertz CT molecular complexity index is 1190. The van der Waals surface area contributed by atoms with Crippen molar-refractivity contribution in [2.75, 3.05) is 31.6 Å². The Balaban J connectivity index is 1.35. The van der Waals surface area contributed by atoms with E-state index in [1.807, 2.05) is 30.3 Å². The summed E-state index contributed by atoms with van der Waals surface area (Å²) in [5.74, 6) is -0.606. The molecule has 7 heteroatoms. The van der Waals surface area contributed by atoms with Crippen molar-refractivity contribution >= 4 is 11.7 Å². The molecule has 0 unspecified atom stereocenters. The summed E-state index contributed by atoms with van der Waals surface area (Å²) < 4.78 is 27.8. The van der Waals surface area contributed by atoms with Crippen molar-refractivity contribution in [3.8, 4) is 11.1 Å². The molecule has 2 saturated heterocycles. The van der Waals surface area contributed by atoms with Crippen molar-refractivity contribution in [1.82, 2.24) is 9.80 Å². The van der Waals surface area contributed by atoms with Gasteiger partial charge in [-0.05, 0) is 54.8 Å². The molecule has 35 heavy (non-hydrogen) atoms. The fraction of sp³-hybridized carbons (Fsp3) is 0.321. The van der Waals surface area contributed by atoms with Gasteiger partial charge in [0.15, 0.2) is 0 Å². The normalized spacial score (nSPS) is 22.5. The van der Waals surface area contributed by atoms with Gasteiger partial charge in [0, 0.05) is 42.3 Å². The molecule has 3 aromatic rings. The van der Waals surface area contributed by atoms with Crippen molar-refractivity contribution in [2.24, 2.45) is 0 Å². The van der Waals surface area contributed by atoms with E-state index < -0.39 is 5.82 Å². The zero-order chi connectivity index (χ0) is 24.4. The zero-order valence-corrected chi connectivity index (χ0v) is 19.4.